The molecule has 0 amide bonds. The zero-order valence-electron chi connectivity index (χ0n) is 12.9. The lowest BCUT2D eigenvalue weighted by atomic mass is 10.0. The van der Waals surface area contributed by atoms with E-state index in [0.29, 0.717) is 24.9 Å². The number of nitrogens with two attached hydrogens (primary N) is 1. The summed E-state index contributed by atoms with van der Waals surface area (Å²) < 4.78 is 11.1. The quantitative estimate of drug-likeness (QED) is 0.848. The summed E-state index contributed by atoms with van der Waals surface area (Å²) in [4.78, 5) is 4.49. The summed E-state index contributed by atoms with van der Waals surface area (Å²) in [6.45, 7) is 7.25. The molecule has 0 aliphatic rings. The van der Waals surface area contributed by atoms with Crippen LogP contribution in [0.25, 0.3) is 11.5 Å². The van der Waals surface area contributed by atoms with Crippen LogP contribution in [0.4, 0.5) is 0 Å². The maximum Gasteiger partial charge on any atom is 0.258 e. The minimum absolute atomic E-state index is 0.504. The van der Waals surface area contributed by atoms with E-state index in [1.807, 2.05) is 45.0 Å². The SMILES string of the molecule is CCOC(C)(CC)c1noc(-c2ccc(CCN)cc2)n1. The smallest absolute Gasteiger partial charge is 0.258 e. The van der Waals surface area contributed by atoms with E-state index in [4.69, 9.17) is 15.0 Å². The van der Waals surface area contributed by atoms with Gasteiger partial charge in [0.2, 0.25) is 5.82 Å². The van der Waals surface area contributed by atoms with Crippen molar-refractivity contribution in [2.24, 2.45) is 5.73 Å². The maximum atomic E-state index is 5.77. The highest BCUT2D eigenvalue weighted by Gasteiger charge is 2.31. The Kier molecular flexibility index (Phi) is 5.09. The Balaban J connectivity index is 2.22. The zero-order valence-corrected chi connectivity index (χ0v) is 12.9. The average Bonchev–Trinajstić information content (AvgIpc) is 2.99. The Hall–Kier alpha value is -1.72. The first kappa shape index (κ1) is 15.7. The third-order valence-electron chi connectivity index (χ3n) is 3.67. The zero-order chi connectivity index (χ0) is 15.3. The van der Waals surface area contributed by atoms with Crippen LogP contribution in [0.1, 0.15) is 38.6 Å². The van der Waals surface area contributed by atoms with E-state index in [1.54, 1.807) is 0 Å². The average molecular weight is 289 g/mol. The first-order valence-corrected chi connectivity index (χ1v) is 7.40. The number of hydrogen-bond acceptors (Lipinski definition) is 5. The van der Waals surface area contributed by atoms with E-state index in [2.05, 4.69) is 10.1 Å². The molecule has 0 spiro atoms. The summed E-state index contributed by atoms with van der Waals surface area (Å²) in [5.74, 6) is 1.11. The molecule has 1 heterocycles. The second kappa shape index (κ2) is 6.83. The van der Waals surface area contributed by atoms with Gasteiger partial charge in [0.1, 0.15) is 5.60 Å². The second-order valence-corrected chi connectivity index (χ2v) is 5.18. The molecule has 1 aromatic heterocycles. The van der Waals surface area contributed by atoms with Crippen LogP contribution in [-0.2, 0) is 16.8 Å². The fourth-order valence-corrected chi connectivity index (χ4v) is 2.18. The molecule has 0 aliphatic heterocycles. The molecule has 0 saturated carbocycles. The molecule has 0 radical (unpaired) electrons. The fraction of sp³-hybridized carbons (Fsp3) is 0.500. The molecule has 5 nitrogen and oxygen atoms in total. The Morgan fingerprint density at radius 2 is 1.95 bits per heavy atom. The molecule has 1 aromatic carbocycles. The summed E-state index contributed by atoms with van der Waals surface area (Å²) in [6, 6.07) is 8.03. The van der Waals surface area contributed by atoms with Gasteiger partial charge in [-0.15, -0.1) is 0 Å². The van der Waals surface area contributed by atoms with Gasteiger partial charge in [-0.2, -0.15) is 4.98 Å². The minimum Gasteiger partial charge on any atom is -0.367 e. The molecular formula is C16H23N3O2. The van der Waals surface area contributed by atoms with Gasteiger partial charge in [0.05, 0.1) is 0 Å². The van der Waals surface area contributed by atoms with Crippen molar-refractivity contribution in [2.75, 3.05) is 13.2 Å². The largest absolute Gasteiger partial charge is 0.367 e. The molecule has 1 atom stereocenters. The van der Waals surface area contributed by atoms with Gasteiger partial charge in [0, 0.05) is 12.2 Å². The van der Waals surface area contributed by atoms with Crippen LogP contribution in [0.3, 0.4) is 0 Å². The predicted molar refractivity (Wildman–Crippen MR) is 81.8 cm³/mol. The maximum absolute atomic E-state index is 5.77. The summed E-state index contributed by atoms with van der Waals surface area (Å²) >= 11 is 0. The van der Waals surface area contributed by atoms with Crippen LogP contribution < -0.4 is 5.73 Å². The first-order chi connectivity index (χ1) is 10.1. The number of aromatic nitrogens is 2. The van der Waals surface area contributed by atoms with Crippen LogP contribution in [0.5, 0.6) is 0 Å². The Labute approximate surface area is 125 Å². The summed E-state index contributed by atoms with van der Waals surface area (Å²) in [5, 5.41) is 4.08. The standard InChI is InChI=1S/C16H23N3O2/c1-4-16(3,20-5-2)15-18-14(21-19-15)13-8-6-12(7-9-13)10-11-17/h6-9H,4-5,10-11,17H2,1-3H3. The molecule has 2 aromatic rings. The van der Waals surface area contributed by atoms with Crippen LogP contribution in [0.2, 0.25) is 0 Å². The molecule has 1 unspecified atom stereocenters. The monoisotopic (exact) mass is 289 g/mol. The second-order valence-electron chi connectivity index (χ2n) is 5.18. The van der Waals surface area contributed by atoms with Gasteiger partial charge < -0.3 is 15.0 Å². The van der Waals surface area contributed by atoms with E-state index in [-0.39, 0.29) is 0 Å². The van der Waals surface area contributed by atoms with Gasteiger partial charge in [0.15, 0.2) is 0 Å². The van der Waals surface area contributed by atoms with Crippen molar-refractivity contribution in [1.29, 1.82) is 0 Å². The van der Waals surface area contributed by atoms with Gasteiger partial charge in [-0.3, -0.25) is 0 Å². The lowest BCUT2D eigenvalue weighted by Crippen LogP contribution is -2.26. The van der Waals surface area contributed by atoms with Gasteiger partial charge in [0.25, 0.3) is 5.89 Å². The van der Waals surface area contributed by atoms with Crippen molar-refractivity contribution >= 4 is 0 Å². The molecule has 0 bridgehead atoms. The number of nitrogens with zero attached hydrogens (tertiary/aromatic N) is 2. The summed E-state index contributed by atoms with van der Waals surface area (Å²) in [6.07, 6.45) is 1.66. The number of hydrogen-bond donors (Lipinski definition) is 1. The lowest BCUT2D eigenvalue weighted by molar-refractivity contribution is -0.0403. The molecule has 0 saturated heterocycles. The van der Waals surface area contributed by atoms with E-state index < -0.39 is 5.60 Å². The van der Waals surface area contributed by atoms with E-state index in [1.165, 1.54) is 5.56 Å². The van der Waals surface area contributed by atoms with Crippen LogP contribution in [0.15, 0.2) is 28.8 Å². The lowest BCUT2D eigenvalue weighted by Gasteiger charge is -2.23. The van der Waals surface area contributed by atoms with Crippen molar-refractivity contribution in [1.82, 2.24) is 10.1 Å². The molecular weight excluding hydrogens is 266 g/mol. The van der Waals surface area contributed by atoms with Gasteiger partial charge in [-0.1, -0.05) is 24.2 Å². The third-order valence-corrected chi connectivity index (χ3v) is 3.67. The molecule has 21 heavy (non-hydrogen) atoms. The van der Waals surface area contributed by atoms with Crippen molar-refractivity contribution < 1.29 is 9.26 Å². The fourth-order valence-electron chi connectivity index (χ4n) is 2.18. The molecule has 5 heteroatoms. The summed E-state index contributed by atoms with van der Waals surface area (Å²) in [5.41, 5.74) is 7.16. The van der Waals surface area contributed by atoms with E-state index >= 15 is 0 Å². The van der Waals surface area contributed by atoms with Crippen LogP contribution in [0, 0.1) is 0 Å². The Morgan fingerprint density at radius 1 is 1.24 bits per heavy atom. The van der Waals surface area contributed by atoms with E-state index in [0.717, 1.165) is 18.4 Å². The highest BCUT2D eigenvalue weighted by Crippen LogP contribution is 2.28. The molecule has 114 valence electrons. The number of ether oxygens (including phenoxy) is 1. The van der Waals surface area contributed by atoms with Gasteiger partial charge >= 0.3 is 0 Å². The Bertz CT molecular complexity index is 565. The van der Waals surface area contributed by atoms with E-state index in [9.17, 15) is 0 Å². The molecule has 2 N–H and O–H groups in total. The topological polar surface area (TPSA) is 74.2 Å². The highest BCUT2D eigenvalue weighted by atomic mass is 16.5. The normalized spacial score (nSPS) is 14.1. The predicted octanol–water partition coefficient (Wildman–Crippen LogP) is 2.90. The molecule has 0 fully saturated rings. The van der Waals surface area contributed by atoms with Crippen molar-refractivity contribution in [3.8, 4) is 11.5 Å². The van der Waals surface area contributed by atoms with Crippen molar-refractivity contribution in [2.45, 2.75) is 39.2 Å². The highest BCUT2D eigenvalue weighted by molar-refractivity contribution is 5.53. The van der Waals surface area contributed by atoms with Gasteiger partial charge in [-0.25, -0.2) is 0 Å². The van der Waals surface area contributed by atoms with Gasteiger partial charge in [-0.05, 0) is 50.9 Å². The van der Waals surface area contributed by atoms with Crippen LogP contribution in [-0.4, -0.2) is 23.3 Å². The van der Waals surface area contributed by atoms with Crippen LogP contribution >= 0.6 is 0 Å². The Morgan fingerprint density at radius 3 is 2.52 bits per heavy atom. The first-order valence-electron chi connectivity index (χ1n) is 7.40. The molecule has 2 rings (SSSR count). The van der Waals surface area contributed by atoms with Crippen molar-refractivity contribution in [3.05, 3.63) is 35.7 Å². The third kappa shape index (κ3) is 3.49. The minimum atomic E-state index is -0.504. The summed E-state index contributed by atoms with van der Waals surface area (Å²) in [7, 11) is 0. The number of benzene rings is 1. The number of rotatable bonds is 7. The van der Waals surface area contributed by atoms with Crippen molar-refractivity contribution in [3.63, 3.8) is 0 Å². The molecule has 0 aliphatic carbocycles.